The van der Waals surface area contributed by atoms with Crippen LogP contribution in [0.3, 0.4) is 0 Å². The van der Waals surface area contributed by atoms with Crippen LogP contribution in [-0.2, 0) is 15.0 Å². The lowest BCUT2D eigenvalue weighted by Gasteiger charge is -2.30. The van der Waals surface area contributed by atoms with Crippen LogP contribution in [0.25, 0.3) is 0 Å². The summed E-state index contributed by atoms with van der Waals surface area (Å²) < 4.78 is 33.1. The molecule has 1 aromatic carbocycles. The molecule has 8 heteroatoms. The van der Waals surface area contributed by atoms with Gasteiger partial charge in [-0.2, -0.15) is 17.0 Å². The third-order valence-corrected chi connectivity index (χ3v) is 6.29. The highest BCUT2D eigenvalue weighted by Gasteiger charge is 2.46. The van der Waals surface area contributed by atoms with E-state index in [1.54, 1.807) is 31.2 Å². The molecule has 0 saturated carbocycles. The van der Waals surface area contributed by atoms with E-state index in [4.69, 9.17) is 4.74 Å². The predicted molar refractivity (Wildman–Crippen MR) is 85.4 cm³/mol. The summed E-state index contributed by atoms with van der Waals surface area (Å²) in [6.07, 6.45) is 0.286. The number of aliphatic carboxylic acids is 1. The van der Waals surface area contributed by atoms with Crippen LogP contribution < -0.4 is 4.74 Å². The number of benzene rings is 1. The van der Waals surface area contributed by atoms with Crippen LogP contribution >= 0.6 is 0 Å². The van der Waals surface area contributed by atoms with Crippen LogP contribution in [0.1, 0.15) is 24.9 Å². The number of hydrogen-bond acceptors (Lipinski definition) is 4. The average Bonchev–Trinajstić information content (AvgIpc) is 3.00. The minimum Gasteiger partial charge on any atom is -0.497 e. The van der Waals surface area contributed by atoms with E-state index in [1.165, 1.54) is 22.8 Å². The van der Waals surface area contributed by atoms with Gasteiger partial charge in [-0.15, -0.1) is 0 Å². The summed E-state index contributed by atoms with van der Waals surface area (Å²) >= 11 is 0. The van der Waals surface area contributed by atoms with Crippen molar-refractivity contribution in [1.29, 1.82) is 0 Å². The molecular formula is C15H22N2O5S. The van der Waals surface area contributed by atoms with Crippen LogP contribution in [-0.4, -0.2) is 55.4 Å². The van der Waals surface area contributed by atoms with Crippen molar-refractivity contribution in [2.45, 2.75) is 19.4 Å². The van der Waals surface area contributed by atoms with Gasteiger partial charge in [-0.05, 0) is 24.1 Å². The number of carboxylic acids is 1. The largest absolute Gasteiger partial charge is 0.497 e. The third kappa shape index (κ3) is 3.34. The van der Waals surface area contributed by atoms with Crippen molar-refractivity contribution in [2.24, 2.45) is 5.92 Å². The molecule has 0 radical (unpaired) electrons. The molecule has 1 N–H and O–H groups in total. The lowest BCUT2D eigenvalue weighted by atomic mass is 9.94. The zero-order chi connectivity index (χ0) is 17.2. The number of nitrogens with zero attached hydrogens (tertiary/aromatic N) is 2. The maximum Gasteiger partial charge on any atom is 0.308 e. The van der Waals surface area contributed by atoms with Crippen molar-refractivity contribution in [2.75, 3.05) is 27.2 Å². The van der Waals surface area contributed by atoms with E-state index in [2.05, 4.69) is 0 Å². The summed E-state index contributed by atoms with van der Waals surface area (Å²) in [4.78, 5) is 11.6. The zero-order valence-electron chi connectivity index (χ0n) is 13.5. The minimum atomic E-state index is -3.71. The number of carbonyl (C=O) groups is 1. The molecule has 0 aromatic heterocycles. The molecule has 0 unspecified atom stereocenters. The van der Waals surface area contributed by atoms with Gasteiger partial charge >= 0.3 is 5.97 Å². The highest BCUT2D eigenvalue weighted by Crippen LogP contribution is 2.40. The van der Waals surface area contributed by atoms with Crippen molar-refractivity contribution in [3.8, 4) is 5.75 Å². The SMILES string of the molecule is CCN(C)S(=O)(=O)N1CC[C@H](C(=O)O)[C@@H]1c1cccc(OC)c1. The molecule has 1 aliphatic rings. The topological polar surface area (TPSA) is 87.2 Å². The van der Waals surface area contributed by atoms with Gasteiger partial charge < -0.3 is 9.84 Å². The van der Waals surface area contributed by atoms with Crippen molar-refractivity contribution < 1.29 is 23.1 Å². The molecule has 2 atom stereocenters. The molecule has 0 bridgehead atoms. The van der Waals surface area contributed by atoms with E-state index in [0.29, 0.717) is 17.9 Å². The molecule has 1 fully saturated rings. The molecule has 128 valence electrons. The maximum atomic E-state index is 12.7. The number of ether oxygens (including phenoxy) is 1. The lowest BCUT2D eigenvalue weighted by Crippen LogP contribution is -2.42. The van der Waals surface area contributed by atoms with Crippen molar-refractivity contribution in [3.05, 3.63) is 29.8 Å². The van der Waals surface area contributed by atoms with E-state index >= 15 is 0 Å². The molecule has 1 heterocycles. The van der Waals surface area contributed by atoms with E-state index in [1.807, 2.05) is 0 Å². The summed E-state index contributed by atoms with van der Waals surface area (Å²) in [6, 6.07) is 6.18. The van der Waals surface area contributed by atoms with Gasteiger partial charge in [-0.25, -0.2) is 0 Å². The Morgan fingerprint density at radius 2 is 2.17 bits per heavy atom. The first-order chi connectivity index (χ1) is 10.8. The quantitative estimate of drug-likeness (QED) is 0.843. The minimum absolute atomic E-state index is 0.186. The van der Waals surface area contributed by atoms with Crippen molar-refractivity contribution in [1.82, 2.24) is 8.61 Å². The van der Waals surface area contributed by atoms with Gasteiger partial charge in [0.05, 0.1) is 19.1 Å². The molecule has 0 amide bonds. The standard InChI is InChI=1S/C15H22N2O5S/c1-4-16(2)23(20,21)17-9-8-13(15(18)19)14(17)11-6-5-7-12(10-11)22-3/h5-7,10,13-14H,4,8-9H2,1-3H3,(H,18,19)/t13-,14-/m0/s1. The number of hydrogen-bond donors (Lipinski definition) is 1. The Bertz CT molecular complexity index is 676. The number of rotatable bonds is 6. The Morgan fingerprint density at radius 3 is 2.74 bits per heavy atom. The molecule has 0 aliphatic carbocycles. The molecule has 7 nitrogen and oxygen atoms in total. The lowest BCUT2D eigenvalue weighted by molar-refractivity contribution is -0.142. The van der Waals surface area contributed by atoms with Crippen LogP contribution in [0.4, 0.5) is 0 Å². The van der Waals surface area contributed by atoms with Gasteiger partial charge in [-0.3, -0.25) is 4.79 Å². The summed E-state index contributed by atoms with van der Waals surface area (Å²) in [7, 11) is -0.702. The monoisotopic (exact) mass is 342 g/mol. The van der Waals surface area contributed by atoms with Crippen LogP contribution in [0.2, 0.25) is 0 Å². The van der Waals surface area contributed by atoms with Crippen LogP contribution in [0.5, 0.6) is 5.75 Å². The maximum absolute atomic E-state index is 12.7. The van der Waals surface area contributed by atoms with Gasteiger partial charge in [0.25, 0.3) is 10.2 Å². The van der Waals surface area contributed by atoms with E-state index in [0.717, 1.165) is 0 Å². The second-order valence-electron chi connectivity index (χ2n) is 5.49. The summed E-state index contributed by atoms with van der Waals surface area (Å²) in [5.74, 6) is -1.20. The fraction of sp³-hybridized carbons (Fsp3) is 0.533. The van der Waals surface area contributed by atoms with Crippen LogP contribution in [0.15, 0.2) is 24.3 Å². The molecular weight excluding hydrogens is 320 g/mol. The molecule has 0 spiro atoms. The average molecular weight is 342 g/mol. The Kier molecular flexibility index (Phi) is 5.28. The smallest absolute Gasteiger partial charge is 0.308 e. The van der Waals surface area contributed by atoms with E-state index < -0.39 is 28.1 Å². The Balaban J connectivity index is 2.49. The van der Waals surface area contributed by atoms with Crippen molar-refractivity contribution >= 4 is 16.2 Å². The molecule has 23 heavy (non-hydrogen) atoms. The number of methoxy groups -OCH3 is 1. The van der Waals surface area contributed by atoms with Crippen LogP contribution in [0, 0.1) is 5.92 Å². The van der Waals surface area contributed by atoms with Crippen molar-refractivity contribution in [3.63, 3.8) is 0 Å². The molecule has 1 aliphatic heterocycles. The molecule has 1 saturated heterocycles. The van der Waals surface area contributed by atoms with Gasteiger partial charge in [0.15, 0.2) is 0 Å². The fourth-order valence-electron chi connectivity index (χ4n) is 2.85. The zero-order valence-corrected chi connectivity index (χ0v) is 14.3. The Labute approximate surface area is 136 Å². The normalized spacial score (nSPS) is 22.4. The first-order valence-electron chi connectivity index (χ1n) is 7.42. The summed E-state index contributed by atoms with van der Waals surface area (Å²) in [5.41, 5.74) is 0.627. The fourth-order valence-corrected chi connectivity index (χ4v) is 4.42. The Hall–Kier alpha value is -1.64. The molecule has 2 rings (SSSR count). The van der Waals surface area contributed by atoms with Gasteiger partial charge in [0.2, 0.25) is 0 Å². The summed E-state index contributed by atoms with van der Waals surface area (Å²) in [6.45, 7) is 2.25. The van der Waals surface area contributed by atoms with Gasteiger partial charge in [0.1, 0.15) is 5.75 Å². The van der Waals surface area contributed by atoms with E-state index in [-0.39, 0.29) is 13.0 Å². The highest BCUT2D eigenvalue weighted by atomic mass is 32.2. The third-order valence-electron chi connectivity index (χ3n) is 4.24. The predicted octanol–water partition coefficient (Wildman–Crippen LogP) is 1.34. The second kappa shape index (κ2) is 6.86. The highest BCUT2D eigenvalue weighted by molar-refractivity contribution is 7.86. The first-order valence-corrected chi connectivity index (χ1v) is 8.82. The first kappa shape index (κ1) is 17.7. The number of carboxylic acid groups (broad SMARTS) is 1. The molecule has 1 aromatic rings. The second-order valence-corrected chi connectivity index (χ2v) is 7.48. The summed E-state index contributed by atoms with van der Waals surface area (Å²) in [5, 5.41) is 9.48. The Morgan fingerprint density at radius 1 is 1.48 bits per heavy atom. The van der Waals surface area contributed by atoms with E-state index in [9.17, 15) is 18.3 Å². The van der Waals surface area contributed by atoms with Gasteiger partial charge in [-0.1, -0.05) is 19.1 Å². The van der Waals surface area contributed by atoms with Gasteiger partial charge in [0, 0.05) is 20.1 Å².